The molecule has 0 aliphatic rings. The summed E-state index contributed by atoms with van der Waals surface area (Å²) in [5, 5.41) is 5.78. The van der Waals surface area contributed by atoms with Gasteiger partial charge in [0.05, 0.1) is 5.69 Å². The molecule has 0 aliphatic carbocycles. The van der Waals surface area contributed by atoms with Crippen molar-refractivity contribution >= 4 is 34.5 Å². The van der Waals surface area contributed by atoms with Gasteiger partial charge in [0, 0.05) is 22.2 Å². The number of nitrogens with one attached hydrogen (secondary N) is 1. The summed E-state index contributed by atoms with van der Waals surface area (Å²) >= 11 is 7.11. The first-order valence-electron chi connectivity index (χ1n) is 7.15. The van der Waals surface area contributed by atoms with Crippen molar-refractivity contribution in [3.05, 3.63) is 59.5 Å². The first-order chi connectivity index (χ1) is 11.2. The predicted molar refractivity (Wildman–Crippen MR) is 97.1 cm³/mol. The highest BCUT2D eigenvalue weighted by Crippen LogP contribution is 2.31. The van der Waals surface area contributed by atoms with E-state index in [0.29, 0.717) is 0 Å². The average Bonchev–Trinajstić information content (AvgIpc) is 3.05. The van der Waals surface area contributed by atoms with Crippen LogP contribution in [0, 0.1) is 6.92 Å². The van der Waals surface area contributed by atoms with E-state index in [9.17, 15) is 4.79 Å². The number of rotatable bonds is 4. The number of carbonyl (C=O) groups excluding carboxylic acids is 1. The summed E-state index contributed by atoms with van der Waals surface area (Å²) in [6.45, 7) is 2.09. The van der Waals surface area contributed by atoms with Crippen LogP contribution >= 0.6 is 22.9 Å². The maximum Gasteiger partial charge on any atom is 0.239 e. The van der Waals surface area contributed by atoms with E-state index in [0.717, 1.165) is 27.5 Å². The van der Waals surface area contributed by atoms with Crippen molar-refractivity contribution in [2.24, 2.45) is 0 Å². The van der Waals surface area contributed by atoms with Crippen LogP contribution in [0.4, 0.5) is 5.69 Å². The number of amides is 1. The number of benzene rings is 2. The smallest absolute Gasteiger partial charge is 0.239 e. The molecule has 0 radical (unpaired) electrons. The Morgan fingerprint density at radius 2 is 1.91 bits per heavy atom. The molecule has 0 aliphatic heterocycles. The predicted octanol–water partition coefficient (Wildman–Crippen LogP) is 4.96. The van der Waals surface area contributed by atoms with Crippen LogP contribution in [0.5, 0.6) is 0 Å². The number of anilines is 1. The fraction of sp³-hybridized carbons (Fsp3) is 0.111. The van der Waals surface area contributed by atoms with Crippen molar-refractivity contribution in [2.75, 3.05) is 11.2 Å². The Balaban J connectivity index is 1.83. The monoisotopic (exact) mass is 342 g/mol. The molecule has 0 bridgehead atoms. The number of carbonyl (C=O) groups is 1. The summed E-state index contributed by atoms with van der Waals surface area (Å²) < 4.78 is 0. The van der Waals surface area contributed by atoms with E-state index in [1.165, 1.54) is 5.56 Å². The summed E-state index contributed by atoms with van der Waals surface area (Å²) in [5.41, 5.74) is 5.06. The summed E-state index contributed by atoms with van der Waals surface area (Å²) in [5.74, 6) is -0.261. The van der Waals surface area contributed by atoms with Crippen LogP contribution in [-0.2, 0) is 4.79 Å². The molecule has 2 aromatic carbocycles. The lowest BCUT2D eigenvalue weighted by atomic mass is 10.1. The van der Waals surface area contributed by atoms with Crippen molar-refractivity contribution in [1.29, 1.82) is 0 Å². The molecule has 1 amide bonds. The lowest BCUT2D eigenvalue weighted by Crippen LogP contribution is -2.12. The number of aryl methyl sites for hydroxylation is 1. The molecule has 0 fully saturated rings. The Morgan fingerprint density at radius 1 is 1.17 bits per heavy atom. The number of hydrogen-bond donors (Lipinski definition) is 1. The third-order valence-corrected chi connectivity index (χ3v) is 4.58. The van der Waals surface area contributed by atoms with Crippen LogP contribution in [0.15, 0.2) is 53.9 Å². The molecule has 116 valence electrons. The molecule has 3 nitrogen and oxygen atoms in total. The van der Waals surface area contributed by atoms with Gasteiger partial charge in [0.2, 0.25) is 5.91 Å². The molecule has 0 saturated carbocycles. The first kappa shape index (κ1) is 15.7. The van der Waals surface area contributed by atoms with Crippen LogP contribution in [0.2, 0.25) is 0 Å². The Labute approximate surface area is 144 Å². The highest BCUT2D eigenvalue weighted by atomic mass is 35.5. The largest absolute Gasteiger partial charge is 0.325 e. The highest BCUT2D eigenvalue weighted by molar-refractivity contribution is 7.13. The highest BCUT2D eigenvalue weighted by Gasteiger charge is 2.08. The summed E-state index contributed by atoms with van der Waals surface area (Å²) in [6, 6.07) is 15.8. The van der Waals surface area contributed by atoms with Crippen LogP contribution in [-0.4, -0.2) is 16.8 Å². The quantitative estimate of drug-likeness (QED) is 0.681. The van der Waals surface area contributed by atoms with Crippen molar-refractivity contribution in [3.8, 4) is 21.8 Å². The van der Waals surface area contributed by atoms with Crippen molar-refractivity contribution in [3.63, 3.8) is 0 Å². The molecule has 5 heteroatoms. The first-order valence-corrected chi connectivity index (χ1v) is 8.56. The zero-order valence-corrected chi connectivity index (χ0v) is 14.1. The fourth-order valence-corrected chi connectivity index (χ4v) is 3.25. The van der Waals surface area contributed by atoms with Crippen LogP contribution < -0.4 is 5.32 Å². The average molecular weight is 343 g/mol. The second-order valence-electron chi connectivity index (χ2n) is 5.11. The molecular weight excluding hydrogens is 328 g/mol. The van der Waals surface area contributed by atoms with Gasteiger partial charge in [-0.3, -0.25) is 4.79 Å². The van der Waals surface area contributed by atoms with Gasteiger partial charge in [-0.1, -0.05) is 36.4 Å². The minimum absolute atomic E-state index is 0.0480. The van der Waals surface area contributed by atoms with Crippen LogP contribution in [0.3, 0.4) is 0 Å². The lowest BCUT2D eigenvalue weighted by molar-refractivity contribution is -0.113. The van der Waals surface area contributed by atoms with E-state index in [4.69, 9.17) is 16.6 Å². The molecule has 1 N–H and O–H groups in total. The third kappa shape index (κ3) is 3.60. The van der Waals surface area contributed by atoms with Gasteiger partial charge in [0.15, 0.2) is 0 Å². The number of alkyl halides is 1. The molecule has 3 aromatic rings. The maximum absolute atomic E-state index is 11.3. The van der Waals surface area contributed by atoms with Crippen molar-refractivity contribution in [2.45, 2.75) is 6.92 Å². The van der Waals surface area contributed by atoms with Crippen LogP contribution in [0.25, 0.3) is 21.8 Å². The topological polar surface area (TPSA) is 42.0 Å². The molecule has 3 rings (SSSR count). The normalized spacial score (nSPS) is 10.5. The molecule has 1 heterocycles. The second-order valence-corrected chi connectivity index (χ2v) is 6.24. The number of halogens is 1. The number of aromatic nitrogens is 1. The van der Waals surface area contributed by atoms with Crippen molar-refractivity contribution in [1.82, 2.24) is 4.98 Å². The summed E-state index contributed by atoms with van der Waals surface area (Å²) in [7, 11) is 0. The maximum atomic E-state index is 11.3. The Kier molecular flexibility index (Phi) is 4.74. The fourth-order valence-electron chi connectivity index (χ4n) is 2.26. The molecule has 23 heavy (non-hydrogen) atoms. The second kappa shape index (κ2) is 6.94. The Morgan fingerprint density at radius 3 is 2.61 bits per heavy atom. The molecule has 1 aromatic heterocycles. The van der Waals surface area contributed by atoms with Gasteiger partial charge in [-0.15, -0.1) is 22.9 Å². The minimum Gasteiger partial charge on any atom is -0.325 e. The Bertz CT molecular complexity index is 827. The Hall–Kier alpha value is -2.17. The summed E-state index contributed by atoms with van der Waals surface area (Å²) in [4.78, 5) is 16.0. The number of thiazole rings is 1. The van der Waals surface area contributed by atoms with Gasteiger partial charge < -0.3 is 5.32 Å². The van der Waals surface area contributed by atoms with Crippen LogP contribution in [0.1, 0.15) is 5.56 Å². The van der Waals surface area contributed by atoms with E-state index in [1.54, 1.807) is 11.3 Å². The molecule has 0 spiro atoms. The lowest BCUT2D eigenvalue weighted by Gasteiger charge is -2.04. The zero-order valence-electron chi connectivity index (χ0n) is 12.5. The van der Waals surface area contributed by atoms with Gasteiger partial charge in [0.1, 0.15) is 10.9 Å². The van der Waals surface area contributed by atoms with E-state index >= 15 is 0 Å². The van der Waals surface area contributed by atoms with Gasteiger partial charge >= 0.3 is 0 Å². The van der Waals surface area contributed by atoms with Gasteiger partial charge in [-0.25, -0.2) is 4.98 Å². The van der Waals surface area contributed by atoms with Gasteiger partial charge in [-0.2, -0.15) is 0 Å². The molecule has 0 atom stereocenters. The summed E-state index contributed by atoms with van der Waals surface area (Å²) in [6.07, 6.45) is 0. The van der Waals surface area contributed by atoms with E-state index < -0.39 is 0 Å². The molecular formula is C18H15ClN2OS. The minimum atomic E-state index is -0.213. The van der Waals surface area contributed by atoms with E-state index in [2.05, 4.69) is 24.4 Å². The number of nitrogens with zero attached hydrogens (tertiary/aromatic N) is 1. The van der Waals surface area contributed by atoms with E-state index in [-0.39, 0.29) is 11.8 Å². The number of hydrogen-bond acceptors (Lipinski definition) is 3. The zero-order chi connectivity index (χ0) is 16.2. The molecule has 0 saturated heterocycles. The van der Waals surface area contributed by atoms with Gasteiger partial charge in [0.25, 0.3) is 0 Å². The van der Waals surface area contributed by atoms with E-state index in [1.807, 2.05) is 41.8 Å². The third-order valence-electron chi connectivity index (χ3n) is 3.47. The van der Waals surface area contributed by atoms with Gasteiger partial charge in [-0.05, 0) is 24.6 Å². The molecule has 0 unspecified atom stereocenters. The standard InChI is InChI=1S/C18H15ClN2OS/c1-12-4-2-3-5-15(12)18-21-16(11-23-18)13-6-8-14(9-7-13)20-17(22)10-19/h2-9,11H,10H2,1H3,(H,20,22). The SMILES string of the molecule is Cc1ccccc1-c1nc(-c2ccc(NC(=O)CCl)cc2)cs1. The van der Waals surface area contributed by atoms with Crippen molar-refractivity contribution < 1.29 is 4.79 Å².